The Labute approximate surface area is 112 Å². The molecule has 5 atom stereocenters. The predicted molar refractivity (Wildman–Crippen MR) is 68.7 cm³/mol. The van der Waals surface area contributed by atoms with Crippen LogP contribution >= 0.6 is 0 Å². The Morgan fingerprint density at radius 2 is 1.79 bits per heavy atom. The SMILES string of the molecule is Cc1ccc(F)c(C(O)C2C(C)OC(C)C2C)c1F. The zero-order chi connectivity index (χ0) is 14.3. The predicted octanol–water partition coefficient (Wildman–Crippen LogP) is 3.37. The van der Waals surface area contributed by atoms with Crippen LogP contribution in [0.2, 0.25) is 0 Å². The highest BCUT2D eigenvalue weighted by Crippen LogP contribution is 2.42. The van der Waals surface area contributed by atoms with E-state index >= 15 is 0 Å². The molecule has 0 radical (unpaired) electrons. The van der Waals surface area contributed by atoms with Crippen LogP contribution in [0.1, 0.15) is 38.0 Å². The summed E-state index contributed by atoms with van der Waals surface area (Å²) in [5.74, 6) is -1.62. The highest BCUT2D eigenvalue weighted by atomic mass is 19.1. The molecule has 0 saturated carbocycles. The summed E-state index contributed by atoms with van der Waals surface area (Å²) >= 11 is 0. The highest BCUT2D eigenvalue weighted by Gasteiger charge is 2.43. The summed E-state index contributed by atoms with van der Waals surface area (Å²) in [7, 11) is 0. The van der Waals surface area contributed by atoms with E-state index in [2.05, 4.69) is 0 Å². The average Bonchev–Trinajstić information content (AvgIpc) is 2.58. The van der Waals surface area contributed by atoms with E-state index in [-0.39, 0.29) is 29.6 Å². The summed E-state index contributed by atoms with van der Waals surface area (Å²) in [4.78, 5) is 0. The van der Waals surface area contributed by atoms with Crippen LogP contribution in [0.25, 0.3) is 0 Å². The Kier molecular flexibility index (Phi) is 3.92. The molecule has 0 aromatic heterocycles. The number of halogens is 2. The molecule has 2 rings (SSSR count). The summed E-state index contributed by atoms with van der Waals surface area (Å²) < 4.78 is 33.6. The smallest absolute Gasteiger partial charge is 0.134 e. The third-order valence-corrected chi connectivity index (χ3v) is 4.30. The van der Waals surface area contributed by atoms with Gasteiger partial charge >= 0.3 is 0 Å². The average molecular weight is 270 g/mol. The quantitative estimate of drug-likeness (QED) is 0.893. The van der Waals surface area contributed by atoms with Gasteiger partial charge in [-0.3, -0.25) is 0 Å². The molecule has 2 nitrogen and oxygen atoms in total. The van der Waals surface area contributed by atoms with E-state index in [0.717, 1.165) is 0 Å². The third kappa shape index (κ3) is 2.39. The molecule has 1 N–H and O–H groups in total. The molecule has 106 valence electrons. The van der Waals surface area contributed by atoms with Crippen molar-refractivity contribution in [1.29, 1.82) is 0 Å². The molecule has 0 aliphatic carbocycles. The van der Waals surface area contributed by atoms with Gasteiger partial charge in [0.15, 0.2) is 0 Å². The van der Waals surface area contributed by atoms with Crippen molar-refractivity contribution in [2.45, 2.75) is 46.0 Å². The molecule has 4 heteroatoms. The molecular weight excluding hydrogens is 250 g/mol. The second kappa shape index (κ2) is 5.17. The van der Waals surface area contributed by atoms with Crippen LogP contribution in [-0.2, 0) is 4.74 Å². The van der Waals surface area contributed by atoms with Crippen LogP contribution in [0.4, 0.5) is 8.78 Å². The van der Waals surface area contributed by atoms with Gasteiger partial charge in [-0.25, -0.2) is 8.78 Å². The zero-order valence-corrected chi connectivity index (χ0v) is 11.7. The lowest BCUT2D eigenvalue weighted by atomic mass is 9.81. The third-order valence-electron chi connectivity index (χ3n) is 4.30. The van der Waals surface area contributed by atoms with Gasteiger partial charge in [0.05, 0.1) is 23.9 Å². The molecule has 1 aromatic rings. The van der Waals surface area contributed by atoms with Gasteiger partial charge in [-0.2, -0.15) is 0 Å². The lowest BCUT2D eigenvalue weighted by Gasteiger charge is -2.26. The topological polar surface area (TPSA) is 29.5 Å². The largest absolute Gasteiger partial charge is 0.388 e. The van der Waals surface area contributed by atoms with E-state index in [1.807, 2.05) is 20.8 Å². The number of hydrogen-bond donors (Lipinski definition) is 1. The lowest BCUT2D eigenvalue weighted by molar-refractivity contribution is 0.0208. The standard InChI is InChI=1S/C15H20F2O2/c1-7-5-6-11(16)13(14(7)17)15(18)12-8(2)9(3)19-10(12)4/h5-6,8-10,12,15,18H,1-4H3. The summed E-state index contributed by atoms with van der Waals surface area (Å²) in [6.07, 6.45) is -1.43. The maximum atomic E-state index is 14.1. The number of aliphatic hydroxyl groups is 1. The molecule has 5 unspecified atom stereocenters. The molecule has 19 heavy (non-hydrogen) atoms. The molecule has 1 aliphatic heterocycles. The van der Waals surface area contributed by atoms with Crippen LogP contribution < -0.4 is 0 Å². The van der Waals surface area contributed by atoms with Crippen LogP contribution in [0.15, 0.2) is 12.1 Å². The molecule has 1 saturated heterocycles. The Morgan fingerprint density at radius 1 is 1.16 bits per heavy atom. The molecular formula is C15H20F2O2. The van der Waals surface area contributed by atoms with Crippen molar-refractivity contribution in [3.8, 4) is 0 Å². The minimum atomic E-state index is -1.19. The van der Waals surface area contributed by atoms with Crippen molar-refractivity contribution >= 4 is 0 Å². The second-order valence-corrected chi connectivity index (χ2v) is 5.52. The van der Waals surface area contributed by atoms with E-state index in [1.54, 1.807) is 6.92 Å². The monoisotopic (exact) mass is 270 g/mol. The van der Waals surface area contributed by atoms with Gasteiger partial charge in [0, 0.05) is 5.92 Å². The highest BCUT2D eigenvalue weighted by molar-refractivity contribution is 5.29. The van der Waals surface area contributed by atoms with Gasteiger partial charge in [-0.1, -0.05) is 13.0 Å². The van der Waals surface area contributed by atoms with Crippen molar-refractivity contribution in [2.24, 2.45) is 11.8 Å². The van der Waals surface area contributed by atoms with E-state index in [1.165, 1.54) is 12.1 Å². The minimum Gasteiger partial charge on any atom is -0.388 e. The first-order valence-corrected chi connectivity index (χ1v) is 6.62. The van der Waals surface area contributed by atoms with Gasteiger partial charge in [0.1, 0.15) is 11.6 Å². The number of hydrogen-bond acceptors (Lipinski definition) is 2. The minimum absolute atomic E-state index is 0.0226. The Hall–Kier alpha value is -1.00. The summed E-state index contributed by atoms with van der Waals surface area (Å²) in [5, 5.41) is 10.4. The van der Waals surface area contributed by atoms with Gasteiger partial charge in [0.2, 0.25) is 0 Å². The fraction of sp³-hybridized carbons (Fsp3) is 0.600. The zero-order valence-electron chi connectivity index (χ0n) is 11.7. The second-order valence-electron chi connectivity index (χ2n) is 5.52. The van der Waals surface area contributed by atoms with Crippen molar-refractivity contribution in [3.63, 3.8) is 0 Å². The van der Waals surface area contributed by atoms with E-state index in [9.17, 15) is 13.9 Å². The Bertz CT molecular complexity index is 475. The van der Waals surface area contributed by atoms with Crippen molar-refractivity contribution in [2.75, 3.05) is 0 Å². The van der Waals surface area contributed by atoms with E-state index < -0.39 is 17.7 Å². The Morgan fingerprint density at radius 3 is 2.32 bits per heavy atom. The van der Waals surface area contributed by atoms with Crippen LogP contribution in [0.5, 0.6) is 0 Å². The van der Waals surface area contributed by atoms with Crippen molar-refractivity contribution in [3.05, 3.63) is 34.9 Å². The van der Waals surface area contributed by atoms with Gasteiger partial charge in [-0.15, -0.1) is 0 Å². The number of rotatable bonds is 2. The number of ether oxygens (including phenoxy) is 1. The molecule has 1 aliphatic rings. The molecule has 0 amide bonds. The maximum absolute atomic E-state index is 14.1. The first-order chi connectivity index (χ1) is 8.84. The normalized spacial score (nSPS) is 32.6. The lowest BCUT2D eigenvalue weighted by Crippen LogP contribution is -2.26. The molecule has 0 spiro atoms. The fourth-order valence-corrected chi connectivity index (χ4v) is 2.98. The summed E-state index contributed by atoms with van der Waals surface area (Å²) in [6.45, 7) is 7.25. The van der Waals surface area contributed by atoms with E-state index in [0.29, 0.717) is 5.56 Å². The van der Waals surface area contributed by atoms with Crippen LogP contribution in [-0.4, -0.2) is 17.3 Å². The number of benzene rings is 1. The molecule has 1 aromatic carbocycles. The van der Waals surface area contributed by atoms with Crippen molar-refractivity contribution in [1.82, 2.24) is 0 Å². The summed E-state index contributed by atoms with van der Waals surface area (Å²) in [5.41, 5.74) is 0.101. The molecule has 0 bridgehead atoms. The first-order valence-electron chi connectivity index (χ1n) is 6.62. The Balaban J connectivity index is 2.40. The van der Waals surface area contributed by atoms with Gasteiger partial charge < -0.3 is 9.84 Å². The van der Waals surface area contributed by atoms with Gasteiger partial charge in [-0.05, 0) is 38.3 Å². The first kappa shape index (κ1) is 14.4. The van der Waals surface area contributed by atoms with Crippen LogP contribution in [0.3, 0.4) is 0 Å². The van der Waals surface area contributed by atoms with Gasteiger partial charge in [0.25, 0.3) is 0 Å². The van der Waals surface area contributed by atoms with E-state index in [4.69, 9.17) is 4.74 Å². The number of aryl methyl sites for hydroxylation is 1. The maximum Gasteiger partial charge on any atom is 0.134 e. The summed E-state index contributed by atoms with van der Waals surface area (Å²) in [6, 6.07) is 2.58. The number of aliphatic hydroxyl groups excluding tert-OH is 1. The molecule has 1 fully saturated rings. The fourth-order valence-electron chi connectivity index (χ4n) is 2.98. The van der Waals surface area contributed by atoms with Crippen LogP contribution in [0, 0.1) is 30.4 Å². The van der Waals surface area contributed by atoms with Crippen molar-refractivity contribution < 1.29 is 18.6 Å². The molecule has 1 heterocycles.